The van der Waals surface area contributed by atoms with Crippen LogP contribution in [0, 0.1) is 0 Å². The first-order valence-electron chi connectivity index (χ1n) is 8.17. The maximum atomic E-state index is 12.6. The van der Waals surface area contributed by atoms with Crippen molar-refractivity contribution < 1.29 is 4.79 Å². The van der Waals surface area contributed by atoms with Crippen molar-refractivity contribution in [3.05, 3.63) is 70.0 Å². The average Bonchev–Trinajstić information content (AvgIpc) is 3.32. The molecular weight excluding hydrogens is 432 g/mol. The summed E-state index contributed by atoms with van der Waals surface area (Å²) in [6.07, 6.45) is 3.47. The van der Waals surface area contributed by atoms with Crippen molar-refractivity contribution in [2.24, 2.45) is 0 Å². The molecule has 9 heteroatoms. The molecule has 0 saturated carbocycles. The highest BCUT2D eigenvalue weighted by atomic mass is 79.9. The molecule has 1 N–H and O–H groups in total. The molecule has 1 amide bonds. The fraction of sp³-hybridized carbons (Fsp3) is 0.111. The number of hydrogen-bond acceptors (Lipinski definition) is 4. The van der Waals surface area contributed by atoms with Crippen LogP contribution in [0.2, 0.25) is 5.02 Å². The molecule has 136 valence electrons. The topological polar surface area (TPSA) is 77.6 Å². The van der Waals surface area contributed by atoms with E-state index in [4.69, 9.17) is 11.6 Å². The van der Waals surface area contributed by atoms with E-state index in [0.29, 0.717) is 29.4 Å². The van der Waals surface area contributed by atoms with Gasteiger partial charge in [0.05, 0.1) is 16.3 Å². The van der Waals surface area contributed by atoms with Gasteiger partial charge in [0.15, 0.2) is 0 Å². The number of tetrazole rings is 1. The number of rotatable bonds is 5. The maximum absolute atomic E-state index is 12.6. The molecule has 0 atom stereocenters. The lowest BCUT2D eigenvalue weighted by molar-refractivity contribution is 0.0952. The second-order valence-electron chi connectivity index (χ2n) is 5.89. The fourth-order valence-corrected chi connectivity index (χ4v) is 3.40. The van der Waals surface area contributed by atoms with E-state index in [1.165, 1.54) is 11.0 Å². The minimum Gasteiger partial charge on any atom is -0.350 e. The van der Waals surface area contributed by atoms with Crippen LogP contribution in [-0.4, -0.2) is 37.2 Å². The predicted octanol–water partition coefficient (Wildman–Crippen LogP) is 3.46. The number of nitrogens with one attached hydrogen (secondary N) is 1. The van der Waals surface area contributed by atoms with Crippen molar-refractivity contribution in [2.45, 2.75) is 6.54 Å². The molecule has 0 aliphatic rings. The summed E-state index contributed by atoms with van der Waals surface area (Å²) in [7, 11) is 0. The highest BCUT2D eigenvalue weighted by Crippen LogP contribution is 2.21. The van der Waals surface area contributed by atoms with Gasteiger partial charge in [0.2, 0.25) is 0 Å². The Hall–Kier alpha value is -2.71. The van der Waals surface area contributed by atoms with E-state index < -0.39 is 0 Å². The minimum absolute atomic E-state index is 0.243. The molecule has 0 saturated heterocycles. The van der Waals surface area contributed by atoms with Gasteiger partial charge in [0.1, 0.15) is 6.33 Å². The van der Waals surface area contributed by atoms with Crippen LogP contribution in [-0.2, 0) is 6.54 Å². The second kappa shape index (κ2) is 7.50. The zero-order valence-electron chi connectivity index (χ0n) is 14.0. The van der Waals surface area contributed by atoms with Crippen molar-refractivity contribution in [2.75, 3.05) is 6.54 Å². The van der Waals surface area contributed by atoms with Gasteiger partial charge in [-0.25, -0.2) is 4.68 Å². The van der Waals surface area contributed by atoms with Crippen molar-refractivity contribution in [3.8, 4) is 5.69 Å². The Balaban J connectivity index is 1.46. The van der Waals surface area contributed by atoms with Gasteiger partial charge in [0, 0.05) is 29.3 Å². The van der Waals surface area contributed by atoms with Crippen LogP contribution in [0.1, 0.15) is 10.4 Å². The summed E-state index contributed by atoms with van der Waals surface area (Å²) < 4.78 is 4.58. The first-order valence-corrected chi connectivity index (χ1v) is 9.34. The molecule has 27 heavy (non-hydrogen) atoms. The Kier molecular flexibility index (Phi) is 4.91. The zero-order chi connectivity index (χ0) is 18.8. The highest BCUT2D eigenvalue weighted by molar-refractivity contribution is 9.10. The molecule has 2 aromatic carbocycles. The molecule has 0 fully saturated rings. The number of halogens is 2. The van der Waals surface area contributed by atoms with Crippen LogP contribution >= 0.6 is 27.5 Å². The normalized spacial score (nSPS) is 11.0. The second-order valence-corrected chi connectivity index (χ2v) is 7.21. The fourth-order valence-electron chi connectivity index (χ4n) is 2.85. The summed E-state index contributed by atoms with van der Waals surface area (Å²) in [6, 6.07) is 13.2. The third-order valence-corrected chi connectivity index (χ3v) is 5.01. The number of aromatic nitrogens is 5. The number of benzene rings is 2. The molecule has 0 aliphatic heterocycles. The van der Waals surface area contributed by atoms with Gasteiger partial charge in [-0.3, -0.25) is 4.79 Å². The molecule has 0 radical (unpaired) electrons. The number of amides is 1. The number of hydrogen-bond donors (Lipinski definition) is 1. The van der Waals surface area contributed by atoms with Gasteiger partial charge < -0.3 is 9.88 Å². The van der Waals surface area contributed by atoms with E-state index in [-0.39, 0.29) is 5.91 Å². The molecule has 4 rings (SSSR count). The predicted molar refractivity (Wildman–Crippen MR) is 106 cm³/mol. The molecule has 0 bridgehead atoms. The summed E-state index contributed by atoms with van der Waals surface area (Å²) in [5, 5.41) is 15.5. The van der Waals surface area contributed by atoms with Crippen LogP contribution < -0.4 is 5.32 Å². The van der Waals surface area contributed by atoms with Gasteiger partial charge in [-0.2, -0.15) is 0 Å². The SMILES string of the molecule is O=C(NCCn1ccc2ccc(Br)cc21)c1cc(-n2cnnn2)ccc1Cl. The van der Waals surface area contributed by atoms with E-state index in [1.807, 2.05) is 12.3 Å². The van der Waals surface area contributed by atoms with Crippen molar-refractivity contribution in [1.82, 2.24) is 30.1 Å². The molecule has 7 nitrogen and oxygen atoms in total. The number of carbonyl (C=O) groups is 1. The Morgan fingerprint density at radius 1 is 1.19 bits per heavy atom. The first-order chi connectivity index (χ1) is 13.1. The molecule has 0 aliphatic carbocycles. The summed E-state index contributed by atoms with van der Waals surface area (Å²) in [4.78, 5) is 12.6. The van der Waals surface area contributed by atoms with E-state index in [9.17, 15) is 4.79 Å². The third kappa shape index (κ3) is 3.72. The lowest BCUT2D eigenvalue weighted by Gasteiger charge is -2.10. The van der Waals surface area contributed by atoms with E-state index in [1.54, 1.807) is 18.2 Å². The Bertz CT molecular complexity index is 1110. The van der Waals surface area contributed by atoms with Crippen molar-refractivity contribution >= 4 is 44.3 Å². The molecule has 0 unspecified atom stereocenters. The van der Waals surface area contributed by atoms with Gasteiger partial charge in [-0.05, 0) is 52.2 Å². The van der Waals surface area contributed by atoms with Crippen LogP contribution in [0.3, 0.4) is 0 Å². The zero-order valence-corrected chi connectivity index (χ0v) is 16.4. The summed E-state index contributed by atoms with van der Waals surface area (Å²) in [5.41, 5.74) is 2.15. The minimum atomic E-state index is -0.243. The lowest BCUT2D eigenvalue weighted by atomic mass is 10.2. The summed E-state index contributed by atoms with van der Waals surface area (Å²) >= 11 is 9.68. The van der Waals surface area contributed by atoms with Crippen LogP contribution in [0.15, 0.2) is 59.5 Å². The number of fused-ring (bicyclic) bond motifs is 1. The Morgan fingerprint density at radius 3 is 2.89 bits per heavy atom. The monoisotopic (exact) mass is 444 g/mol. The van der Waals surface area contributed by atoms with Crippen molar-refractivity contribution in [3.63, 3.8) is 0 Å². The number of carbonyl (C=O) groups excluding carboxylic acids is 1. The van der Waals surface area contributed by atoms with E-state index in [2.05, 4.69) is 59.5 Å². The Labute approximate surface area is 168 Å². The first kappa shape index (κ1) is 17.7. The molecule has 0 spiro atoms. The summed E-state index contributed by atoms with van der Waals surface area (Å²) in [6.45, 7) is 1.12. The average molecular weight is 446 g/mol. The highest BCUT2D eigenvalue weighted by Gasteiger charge is 2.12. The smallest absolute Gasteiger partial charge is 0.252 e. The van der Waals surface area contributed by atoms with Gasteiger partial charge in [0.25, 0.3) is 5.91 Å². The molecule has 2 aromatic heterocycles. The standard InChI is InChI=1S/C18H14BrClN6O/c19-13-2-1-12-5-7-25(17(12)9-13)8-6-21-18(27)15-10-14(3-4-16(15)20)26-11-22-23-24-26/h1-5,7,9-11H,6,8H2,(H,21,27). The van der Waals surface area contributed by atoms with Gasteiger partial charge >= 0.3 is 0 Å². The van der Waals surface area contributed by atoms with Gasteiger partial charge in [-0.1, -0.05) is 33.6 Å². The molecular formula is C18H14BrClN6O. The summed E-state index contributed by atoms with van der Waals surface area (Å²) in [5.74, 6) is -0.243. The molecule has 2 heterocycles. The van der Waals surface area contributed by atoms with Crippen LogP contribution in [0.4, 0.5) is 0 Å². The van der Waals surface area contributed by atoms with Gasteiger partial charge in [-0.15, -0.1) is 5.10 Å². The number of nitrogens with zero attached hydrogens (tertiary/aromatic N) is 5. The van der Waals surface area contributed by atoms with E-state index >= 15 is 0 Å². The van der Waals surface area contributed by atoms with Crippen molar-refractivity contribution in [1.29, 1.82) is 0 Å². The largest absolute Gasteiger partial charge is 0.350 e. The molecule has 4 aromatic rings. The quantitative estimate of drug-likeness (QED) is 0.510. The third-order valence-electron chi connectivity index (χ3n) is 4.18. The van der Waals surface area contributed by atoms with Crippen LogP contribution in [0.25, 0.3) is 16.6 Å². The Morgan fingerprint density at radius 2 is 2.07 bits per heavy atom. The lowest BCUT2D eigenvalue weighted by Crippen LogP contribution is -2.27. The maximum Gasteiger partial charge on any atom is 0.252 e. The van der Waals surface area contributed by atoms with E-state index in [0.717, 1.165) is 15.4 Å². The van der Waals surface area contributed by atoms with Crippen LogP contribution in [0.5, 0.6) is 0 Å².